The summed E-state index contributed by atoms with van der Waals surface area (Å²) in [5.41, 5.74) is 0.321. The molecule has 0 bridgehead atoms. The van der Waals surface area contributed by atoms with Gasteiger partial charge in [-0.05, 0) is 25.0 Å². The second kappa shape index (κ2) is 8.89. The second-order valence-electron chi connectivity index (χ2n) is 4.35. The van der Waals surface area contributed by atoms with E-state index in [1.165, 1.54) is 6.07 Å². The number of carboxylic acid groups (broad SMARTS) is 1. The number of benzene rings is 1. The first-order chi connectivity index (χ1) is 9.99. The number of anilines is 1. The lowest BCUT2D eigenvalue weighted by Crippen LogP contribution is -2.14. The predicted octanol–water partition coefficient (Wildman–Crippen LogP) is 2.91. The summed E-state index contributed by atoms with van der Waals surface area (Å²) < 4.78 is 29.2. The highest BCUT2D eigenvalue weighted by atomic mass is 19.3. The maximum Gasteiger partial charge on any atom is 0.303 e. The zero-order valence-electron chi connectivity index (χ0n) is 11.4. The van der Waals surface area contributed by atoms with Crippen LogP contribution in [0.25, 0.3) is 0 Å². The number of carbonyl (C=O) groups is 2. The number of halogens is 2. The van der Waals surface area contributed by atoms with Gasteiger partial charge in [0.1, 0.15) is 12.4 Å². The van der Waals surface area contributed by atoms with Gasteiger partial charge in [-0.15, -0.1) is 0 Å². The number of hydrogen-bond donors (Lipinski definition) is 2. The smallest absolute Gasteiger partial charge is 0.303 e. The Labute approximate surface area is 120 Å². The standard InChI is InChI=1S/C14H17F2NO4/c15-12(16)9-21-11-6-2-1-5-10(11)17-13(18)7-3-4-8-14(19)20/h1-2,5-6,12H,3-4,7-9H2,(H,17,18)(H,19,20). The largest absolute Gasteiger partial charge is 0.485 e. The zero-order chi connectivity index (χ0) is 15.7. The average molecular weight is 301 g/mol. The zero-order valence-corrected chi connectivity index (χ0v) is 11.4. The third-order valence-corrected chi connectivity index (χ3v) is 2.57. The van der Waals surface area contributed by atoms with E-state index in [4.69, 9.17) is 9.84 Å². The predicted molar refractivity (Wildman–Crippen MR) is 72.7 cm³/mol. The Kier molecular flexibility index (Phi) is 7.14. The number of aliphatic carboxylic acids is 1. The Morgan fingerprint density at radius 2 is 1.86 bits per heavy atom. The van der Waals surface area contributed by atoms with E-state index in [9.17, 15) is 18.4 Å². The van der Waals surface area contributed by atoms with Crippen molar-refractivity contribution >= 4 is 17.6 Å². The van der Waals surface area contributed by atoms with Gasteiger partial charge in [0.05, 0.1) is 5.69 Å². The Balaban J connectivity index is 2.46. The highest BCUT2D eigenvalue weighted by Gasteiger charge is 2.10. The first kappa shape index (κ1) is 16.9. The summed E-state index contributed by atoms with van der Waals surface area (Å²) in [5, 5.41) is 11.0. The molecule has 0 unspecified atom stereocenters. The quantitative estimate of drug-likeness (QED) is 0.688. The number of alkyl halides is 2. The fourth-order valence-electron chi connectivity index (χ4n) is 1.62. The monoisotopic (exact) mass is 301 g/mol. The second-order valence-corrected chi connectivity index (χ2v) is 4.35. The molecule has 0 saturated carbocycles. The summed E-state index contributed by atoms with van der Waals surface area (Å²) >= 11 is 0. The maximum absolute atomic E-state index is 12.1. The minimum Gasteiger partial charge on any atom is -0.485 e. The molecule has 1 rings (SSSR count). The van der Waals surface area contributed by atoms with Gasteiger partial charge in [-0.1, -0.05) is 12.1 Å². The van der Waals surface area contributed by atoms with Crippen molar-refractivity contribution < 1.29 is 28.2 Å². The Bertz CT molecular complexity index is 480. The third-order valence-electron chi connectivity index (χ3n) is 2.57. The molecule has 2 N–H and O–H groups in total. The van der Waals surface area contributed by atoms with Gasteiger partial charge in [0.2, 0.25) is 5.91 Å². The number of amides is 1. The highest BCUT2D eigenvalue weighted by Crippen LogP contribution is 2.24. The van der Waals surface area contributed by atoms with E-state index in [0.717, 1.165) is 0 Å². The van der Waals surface area contributed by atoms with E-state index in [1.54, 1.807) is 18.2 Å². The van der Waals surface area contributed by atoms with Gasteiger partial charge in [0.15, 0.2) is 0 Å². The lowest BCUT2D eigenvalue weighted by Gasteiger charge is -2.12. The van der Waals surface area contributed by atoms with Crippen molar-refractivity contribution in [3.63, 3.8) is 0 Å². The van der Waals surface area contributed by atoms with Crippen LogP contribution in [0, 0.1) is 0 Å². The molecule has 0 aliphatic heterocycles. The first-order valence-electron chi connectivity index (χ1n) is 6.50. The Morgan fingerprint density at radius 3 is 2.52 bits per heavy atom. The number of carboxylic acids is 1. The Hall–Kier alpha value is -2.18. The van der Waals surface area contributed by atoms with Crippen LogP contribution >= 0.6 is 0 Å². The van der Waals surface area contributed by atoms with Crippen molar-refractivity contribution in [3.8, 4) is 5.75 Å². The fraction of sp³-hybridized carbons (Fsp3) is 0.429. The maximum atomic E-state index is 12.1. The molecule has 0 atom stereocenters. The average Bonchev–Trinajstić information content (AvgIpc) is 2.42. The van der Waals surface area contributed by atoms with Gasteiger partial charge in [-0.3, -0.25) is 9.59 Å². The topological polar surface area (TPSA) is 75.6 Å². The minimum atomic E-state index is -2.59. The summed E-state index contributed by atoms with van der Waals surface area (Å²) in [6.45, 7) is -0.745. The van der Waals surface area contributed by atoms with Crippen LogP contribution in [0.3, 0.4) is 0 Å². The molecule has 0 saturated heterocycles. The van der Waals surface area contributed by atoms with Gasteiger partial charge in [0.25, 0.3) is 6.43 Å². The molecule has 0 heterocycles. The van der Waals surface area contributed by atoms with E-state index in [-0.39, 0.29) is 24.5 Å². The van der Waals surface area contributed by atoms with Gasteiger partial charge in [-0.25, -0.2) is 8.78 Å². The molecule has 1 aromatic rings. The van der Waals surface area contributed by atoms with Crippen LogP contribution in [0.5, 0.6) is 5.75 Å². The van der Waals surface area contributed by atoms with E-state index in [1.807, 2.05) is 0 Å². The molecule has 116 valence electrons. The minimum absolute atomic E-state index is 0.0152. The van der Waals surface area contributed by atoms with Gasteiger partial charge >= 0.3 is 5.97 Å². The highest BCUT2D eigenvalue weighted by molar-refractivity contribution is 5.92. The van der Waals surface area contributed by atoms with Crippen molar-refractivity contribution in [1.82, 2.24) is 0 Å². The van der Waals surface area contributed by atoms with Gasteiger partial charge in [-0.2, -0.15) is 0 Å². The van der Waals surface area contributed by atoms with Crippen molar-refractivity contribution in [2.45, 2.75) is 32.1 Å². The van der Waals surface area contributed by atoms with E-state index < -0.39 is 19.0 Å². The molecule has 0 fully saturated rings. The van der Waals surface area contributed by atoms with Crippen LogP contribution in [0.1, 0.15) is 25.7 Å². The molecular weight excluding hydrogens is 284 g/mol. The van der Waals surface area contributed by atoms with Crippen molar-refractivity contribution in [3.05, 3.63) is 24.3 Å². The normalized spacial score (nSPS) is 10.4. The lowest BCUT2D eigenvalue weighted by molar-refractivity contribution is -0.137. The van der Waals surface area contributed by atoms with E-state index >= 15 is 0 Å². The molecule has 0 aliphatic rings. The number of carbonyl (C=O) groups excluding carboxylic acids is 1. The third kappa shape index (κ3) is 7.24. The molecular formula is C14H17F2NO4. The lowest BCUT2D eigenvalue weighted by atomic mass is 10.2. The molecule has 7 heteroatoms. The van der Waals surface area contributed by atoms with Crippen LogP contribution in [0.4, 0.5) is 14.5 Å². The number of ether oxygens (including phenoxy) is 1. The van der Waals surface area contributed by atoms with E-state index in [2.05, 4.69) is 5.32 Å². The van der Waals surface area contributed by atoms with Gasteiger partial charge in [0, 0.05) is 12.8 Å². The molecule has 1 amide bonds. The van der Waals surface area contributed by atoms with Crippen molar-refractivity contribution in [1.29, 1.82) is 0 Å². The fourth-order valence-corrected chi connectivity index (χ4v) is 1.62. The number of unbranched alkanes of at least 4 members (excludes halogenated alkanes) is 1. The van der Waals surface area contributed by atoms with Crippen LogP contribution in [-0.2, 0) is 9.59 Å². The van der Waals surface area contributed by atoms with Crippen LogP contribution < -0.4 is 10.1 Å². The van der Waals surface area contributed by atoms with Crippen LogP contribution in [0.15, 0.2) is 24.3 Å². The van der Waals surface area contributed by atoms with Gasteiger partial charge < -0.3 is 15.2 Å². The first-order valence-corrected chi connectivity index (χ1v) is 6.50. The van der Waals surface area contributed by atoms with Crippen LogP contribution in [-0.4, -0.2) is 30.0 Å². The summed E-state index contributed by atoms with van der Waals surface area (Å²) in [6.07, 6.45) is -1.56. The molecule has 0 radical (unpaired) electrons. The molecule has 0 aromatic heterocycles. The van der Waals surface area contributed by atoms with Crippen molar-refractivity contribution in [2.24, 2.45) is 0 Å². The molecule has 1 aromatic carbocycles. The number of hydrogen-bond acceptors (Lipinski definition) is 3. The summed E-state index contributed by atoms with van der Waals surface area (Å²) in [5.74, 6) is -1.04. The summed E-state index contributed by atoms with van der Waals surface area (Å²) in [6, 6.07) is 6.30. The molecule has 5 nitrogen and oxygen atoms in total. The van der Waals surface area contributed by atoms with Crippen LogP contribution in [0.2, 0.25) is 0 Å². The number of para-hydroxylation sites is 2. The molecule has 21 heavy (non-hydrogen) atoms. The summed E-state index contributed by atoms with van der Waals surface area (Å²) in [4.78, 5) is 22.0. The molecule has 0 aliphatic carbocycles. The molecule has 0 spiro atoms. The van der Waals surface area contributed by atoms with Crippen molar-refractivity contribution in [2.75, 3.05) is 11.9 Å². The summed E-state index contributed by atoms with van der Waals surface area (Å²) in [7, 11) is 0. The SMILES string of the molecule is O=C(O)CCCCC(=O)Nc1ccccc1OCC(F)F. The van der Waals surface area contributed by atoms with E-state index in [0.29, 0.717) is 18.5 Å². The Morgan fingerprint density at radius 1 is 1.19 bits per heavy atom. The number of nitrogens with one attached hydrogen (secondary N) is 1. The number of rotatable bonds is 9.